The molecule has 0 aliphatic heterocycles. The van der Waals surface area contributed by atoms with Crippen LogP contribution in [0.1, 0.15) is 54.6 Å². The molecular weight excluding hydrogens is 350 g/mol. The fourth-order valence-corrected chi connectivity index (χ4v) is 4.04. The van der Waals surface area contributed by atoms with Gasteiger partial charge in [0.05, 0.1) is 0 Å². The Labute approximate surface area is 169 Å². The number of rotatable bonds is 11. The molecule has 0 amide bonds. The van der Waals surface area contributed by atoms with Crippen molar-refractivity contribution in [2.45, 2.75) is 56.1 Å². The van der Waals surface area contributed by atoms with Crippen molar-refractivity contribution in [1.82, 2.24) is 4.90 Å². The summed E-state index contributed by atoms with van der Waals surface area (Å²) < 4.78 is 0. The molecule has 0 aliphatic carbocycles. The predicted molar refractivity (Wildman–Crippen MR) is 118 cm³/mol. The molecular formula is C24H33NOS. The van der Waals surface area contributed by atoms with Crippen molar-refractivity contribution in [2.75, 3.05) is 20.6 Å². The lowest BCUT2D eigenvalue weighted by Crippen LogP contribution is -2.13. The van der Waals surface area contributed by atoms with Crippen molar-refractivity contribution in [2.24, 2.45) is 0 Å². The van der Waals surface area contributed by atoms with E-state index < -0.39 is 0 Å². The molecule has 0 spiro atoms. The van der Waals surface area contributed by atoms with Crippen molar-refractivity contribution < 1.29 is 4.79 Å². The largest absolute Gasteiger partial charge is 0.309 e. The van der Waals surface area contributed by atoms with E-state index >= 15 is 0 Å². The second-order valence-electron chi connectivity index (χ2n) is 7.64. The van der Waals surface area contributed by atoms with E-state index in [1.807, 2.05) is 23.9 Å². The Bertz CT molecular complexity index is 707. The highest BCUT2D eigenvalue weighted by Crippen LogP contribution is 2.23. The van der Waals surface area contributed by atoms with Gasteiger partial charge in [-0.1, -0.05) is 50.2 Å². The Morgan fingerprint density at radius 1 is 0.926 bits per heavy atom. The summed E-state index contributed by atoms with van der Waals surface area (Å²) in [5.74, 6) is 0.251. The lowest BCUT2D eigenvalue weighted by atomic mass is 9.97. The van der Waals surface area contributed by atoms with Crippen LogP contribution >= 0.6 is 11.8 Å². The second kappa shape index (κ2) is 11.3. The van der Waals surface area contributed by atoms with E-state index in [1.54, 1.807) is 0 Å². The van der Waals surface area contributed by atoms with Crippen molar-refractivity contribution >= 4 is 17.5 Å². The van der Waals surface area contributed by atoms with Gasteiger partial charge in [0, 0.05) is 22.1 Å². The van der Waals surface area contributed by atoms with Gasteiger partial charge in [-0.05, 0) is 69.6 Å². The third-order valence-electron chi connectivity index (χ3n) is 4.57. The smallest absolute Gasteiger partial charge is 0.162 e. The van der Waals surface area contributed by atoms with E-state index in [9.17, 15) is 4.79 Å². The predicted octanol–water partition coefficient (Wildman–Crippen LogP) is 5.89. The van der Waals surface area contributed by atoms with Gasteiger partial charge in [0.15, 0.2) is 5.78 Å². The lowest BCUT2D eigenvalue weighted by Gasteiger charge is -2.12. The number of benzene rings is 2. The van der Waals surface area contributed by atoms with Gasteiger partial charge in [-0.15, -0.1) is 11.8 Å². The van der Waals surface area contributed by atoms with Gasteiger partial charge >= 0.3 is 0 Å². The first-order valence-corrected chi connectivity index (χ1v) is 10.8. The molecule has 0 radical (unpaired) electrons. The molecule has 0 heterocycles. The molecule has 0 saturated carbocycles. The Balaban J connectivity index is 1.84. The van der Waals surface area contributed by atoms with Crippen molar-refractivity contribution in [3.05, 3.63) is 65.2 Å². The van der Waals surface area contributed by atoms with Crippen molar-refractivity contribution in [3.8, 4) is 0 Å². The van der Waals surface area contributed by atoms with E-state index in [4.69, 9.17) is 0 Å². The molecule has 2 aromatic carbocycles. The van der Waals surface area contributed by atoms with Crippen LogP contribution in [0.25, 0.3) is 0 Å². The van der Waals surface area contributed by atoms with Crippen LogP contribution in [0.15, 0.2) is 53.4 Å². The topological polar surface area (TPSA) is 20.3 Å². The van der Waals surface area contributed by atoms with E-state index in [-0.39, 0.29) is 5.78 Å². The minimum atomic E-state index is 0.251. The first-order valence-electron chi connectivity index (χ1n) is 9.97. The normalized spacial score (nSPS) is 11.3. The maximum absolute atomic E-state index is 12.5. The molecule has 0 atom stereocenters. The Morgan fingerprint density at radius 2 is 1.52 bits per heavy atom. The molecule has 2 aromatic rings. The number of carbonyl (C=O) groups excluding carboxylic acids is 1. The highest BCUT2D eigenvalue weighted by atomic mass is 32.2. The number of hydrogen-bond donors (Lipinski definition) is 0. The molecule has 0 aliphatic rings. The molecule has 0 bridgehead atoms. The van der Waals surface area contributed by atoms with Gasteiger partial charge < -0.3 is 4.90 Å². The molecule has 0 N–H and O–H groups in total. The summed E-state index contributed by atoms with van der Waals surface area (Å²) in [4.78, 5) is 15.9. The fraction of sp³-hybridized carbons (Fsp3) is 0.458. The second-order valence-corrected chi connectivity index (χ2v) is 9.29. The van der Waals surface area contributed by atoms with Gasteiger partial charge in [-0.3, -0.25) is 4.79 Å². The van der Waals surface area contributed by atoms with Crippen LogP contribution in [0.5, 0.6) is 0 Å². The molecule has 27 heavy (non-hydrogen) atoms. The molecule has 0 saturated heterocycles. The third kappa shape index (κ3) is 7.90. The number of thioether (sulfide) groups is 1. The minimum Gasteiger partial charge on any atom is -0.309 e. The zero-order chi connectivity index (χ0) is 19.6. The average Bonchev–Trinajstić information content (AvgIpc) is 2.62. The van der Waals surface area contributed by atoms with Crippen molar-refractivity contribution in [1.29, 1.82) is 0 Å². The summed E-state index contributed by atoms with van der Waals surface area (Å²) >= 11 is 1.83. The summed E-state index contributed by atoms with van der Waals surface area (Å²) in [5, 5.41) is 0.560. The Morgan fingerprint density at radius 3 is 2.07 bits per heavy atom. The molecule has 146 valence electrons. The van der Waals surface area contributed by atoms with Crippen LogP contribution in [0.4, 0.5) is 0 Å². The van der Waals surface area contributed by atoms with Gasteiger partial charge in [-0.2, -0.15) is 0 Å². The van der Waals surface area contributed by atoms with E-state index in [2.05, 4.69) is 69.2 Å². The van der Waals surface area contributed by atoms with Gasteiger partial charge in [0.25, 0.3) is 0 Å². The molecule has 0 unspecified atom stereocenters. The summed E-state index contributed by atoms with van der Waals surface area (Å²) in [5.41, 5.74) is 3.66. The van der Waals surface area contributed by atoms with Gasteiger partial charge in [0.2, 0.25) is 0 Å². The van der Waals surface area contributed by atoms with E-state index in [0.29, 0.717) is 11.7 Å². The number of Topliss-reactive ketones (excluding diaryl/α,β-unsaturated/α-hetero) is 1. The zero-order valence-electron chi connectivity index (χ0n) is 17.2. The van der Waals surface area contributed by atoms with E-state index in [1.165, 1.54) is 22.4 Å². The molecule has 0 fully saturated rings. The van der Waals surface area contributed by atoms with Gasteiger partial charge in [0.1, 0.15) is 0 Å². The number of carbonyl (C=O) groups is 1. The lowest BCUT2D eigenvalue weighted by molar-refractivity contribution is 0.0980. The van der Waals surface area contributed by atoms with Crippen LogP contribution in [0.2, 0.25) is 0 Å². The SMILES string of the molecule is CC(C)Sc1ccc(C(=O)CCCc2ccccc2CCCN(C)C)cc1. The number of ketones is 1. The summed E-state index contributed by atoms with van der Waals surface area (Å²) in [6, 6.07) is 16.8. The highest BCUT2D eigenvalue weighted by Gasteiger charge is 2.08. The summed E-state index contributed by atoms with van der Waals surface area (Å²) in [6.07, 6.45) is 4.78. The van der Waals surface area contributed by atoms with Crippen LogP contribution < -0.4 is 0 Å². The molecule has 2 nitrogen and oxygen atoms in total. The molecule has 3 heteroatoms. The average molecular weight is 384 g/mol. The summed E-state index contributed by atoms with van der Waals surface area (Å²) in [7, 11) is 4.23. The fourth-order valence-electron chi connectivity index (χ4n) is 3.21. The number of nitrogens with zero attached hydrogens (tertiary/aromatic N) is 1. The molecule has 0 aromatic heterocycles. The van der Waals surface area contributed by atoms with Crippen LogP contribution in [0.3, 0.4) is 0 Å². The first-order chi connectivity index (χ1) is 13.0. The third-order valence-corrected chi connectivity index (χ3v) is 5.58. The van der Waals surface area contributed by atoms with Crippen LogP contribution in [-0.2, 0) is 12.8 Å². The quantitative estimate of drug-likeness (QED) is 0.356. The highest BCUT2D eigenvalue weighted by molar-refractivity contribution is 7.99. The minimum absolute atomic E-state index is 0.251. The Kier molecular flexibility index (Phi) is 9.09. The maximum Gasteiger partial charge on any atom is 0.162 e. The number of aryl methyl sites for hydroxylation is 2. The van der Waals surface area contributed by atoms with E-state index in [0.717, 1.165) is 31.4 Å². The maximum atomic E-state index is 12.5. The summed E-state index contributed by atoms with van der Waals surface area (Å²) in [6.45, 7) is 5.47. The monoisotopic (exact) mass is 383 g/mol. The van der Waals surface area contributed by atoms with Crippen LogP contribution in [-0.4, -0.2) is 36.6 Å². The standard InChI is InChI=1S/C24H33NOS/c1-19(2)27-23-16-14-22(15-17-23)24(26)13-7-11-20-9-5-6-10-21(20)12-8-18-25(3)4/h5-6,9-10,14-17,19H,7-8,11-13,18H2,1-4H3. The molecule has 2 rings (SSSR count). The Hall–Kier alpha value is -1.58. The zero-order valence-corrected chi connectivity index (χ0v) is 18.0. The van der Waals surface area contributed by atoms with Crippen molar-refractivity contribution in [3.63, 3.8) is 0 Å². The number of hydrogen-bond acceptors (Lipinski definition) is 3. The first kappa shape index (κ1) is 21.7. The van der Waals surface area contributed by atoms with Crippen LogP contribution in [0, 0.1) is 0 Å². The van der Waals surface area contributed by atoms with Gasteiger partial charge in [-0.25, -0.2) is 0 Å².